The maximum Gasteiger partial charge on any atom is 0.0326 e. The van der Waals surface area contributed by atoms with E-state index in [0.29, 0.717) is 11.5 Å². The summed E-state index contributed by atoms with van der Waals surface area (Å²) in [4.78, 5) is 0. The van der Waals surface area contributed by atoms with Crippen molar-refractivity contribution in [3.05, 3.63) is 34.9 Å². The summed E-state index contributed by atoms with van der Waals surface area (Å²) in [5.41, 5.74) is 4.93. The molecule has 0 fully saturated rings. The van der Waals surface area contributed by atoms with Crippen molar-refractivity contribution in [3.63, 3.8) is 0 Å². The smallest absolute Gasteiger partial charge is 0.0326 e. The Kier molecular flexibility index (Phi) is 3.07. The molecule has 1 atom stereocenters. The molecule has 0 bridgehead atoms. The van der Waals surface area contributed by atoms with Crippen LogP contribution in [-0.2, 0) is 6.42 Å². The van der Waals surface area contributed by atoms with E-state index in [1.54, 1.807) is 5.56 Å². The summed E-state index contributed by atoms with van der Waals surface area (Å²) in [7, 11) is 0. The van der Waals surface area contributed by atoms with Crippen LogP contribution in [0.3, 0.4) is 0 Å². The quantitative estimate of drug-likeness (QED) is 0.798. The third kappa shape index (κ3) is 2.46. The Balaban J connectivity index is 2.09. The standard InChI is InChI=1S/C15H23N/c1-11-6-5-7-13-12(11)8-9-14(13)16-10-15(2,3)4/h5-7,14,16H,8-10H2,1-4H3. The van der Waals surface area contributed by atoms with Crippen LogP contribution < -0.4 is 5.32 Å². The molecule has 0 aromatic heterocycles. The first kappa shape index (κ1) is 11.7. The number of benzene rings is 1. The topological polar surface area (TPSA) is 12.0 Å². The van der Waals surface area contributed by atoms with Crippen molar-refractivity contribution in [2.24, 2.45) is 5.41 Å². The van der Waals surface area contributed by atoms with Gasteiger partial charge in [-0.2, -0.15) is 0 Å². The van der Waals surface area contributed by atoms with Crippen molar-refractivity contribution in [1.29, 1.82) is 0 Å². The van der Waals surface area contributed by atoms with Gasteiger partial charge in [0.1, 0.15) is 0 Å². The number of hydrogen-bond donors (Lipinski definition) is 1. The Hall–Kier alpha value is -0.820. The van der Waals surface area contributed by atoms with Crippen LogP contribution in [0.5, 0.6) is 0 Å². The van der Waals surface area contributed by atoms with E-state index in [2.05, 4.69) is 51.2 Å². The van der Waals surface area contributed by atoms with Crippen molar-refractivity contribution in [1.82, 2.24) is 5.32 Å². The molecule has 1 aliphatic rings. The molecule has 1 nitrogen and oxygen atoms in total. The second kappa shape index (κ2) is 4.21. The lowest BCUT2D eigenvalue weighted by molar-refractivity contribution is 0.352. The number of nitrogens with one attached hydrogen (secondary N) is 1. The predicted molar refractivity (Wildman–Crippen MR) is 69.7 cm³/mol. The van der Waals surface area contributed by atoms with Gasteiger partial charge in [-0.25, -0.2) is 0 Å². The average Bonchev–Trinajstić information content (AvgIpc) is 2.58. The fourth-order valence-corrected chi connectivity index (χ4v) is 2.48. The highest BCUT2D eigenvalue weighted by atomic mass is 14.9. The predicted octanol–water partition coefficient (Wildman–Crippen LogP) is 3.62. The normalized spacial score (nSPS) is 19.9. The third-order valence-electron chi connectivity index (χ3n) is 3.38. The van der Waals surface area contributed by atoms with Gasteiger partial charge in [0.25, 0.3) is 0 Å². The molecule has 1 aromatic rings. The minimum Gasteiger partial charge on any atom is -0.309 e. The molecular weight excluding hydrogens is 194 g/mol. The zero-order valence-electron chi connectivity index (χ0n) is 10.9. The summed E-state index contributed by atoms with van der Waals surface area (Å²) < 4.78 is 0. The monoisotopic (exact) mass is 217 g/mol. The first-order valence-electron chi connectivity index (χ1n) is 6.29. The first-order valence-corrected chi connectivity index (χ1v) is 6.29. The van der Waals surface area contributed by atoms with Crippen molar-refractivity contribution < 1.29 is 0 Å². The Morgan fingerprint density at radius 1 is 1.31 bits per heavy atom. The molecule has 1 aromatic carbocycles. The van der Waals surface area contributed by atoms with Crippen LogP contribution >= 0.6 is 0 Å². The second-order valence-electron chi connectivity index (χ2n) is 6.18. The van der Waals surface area contributed by atoms with Gasteiger partial charge in [-0.1, -0.05) is 39.0 Å². The van der Waals surface area contributed by atoms with Gasteiger partial charge in [0.15, 0.2) is 0 Å². The fourth-order valence-electron chi connectivity index (χ4n) is 2.48. The van der Waals surface area contributed by atoms with Crippen LogP contribution in [-0.4, -0.2) is 6.54 Å². The van der Waals surface area contributed by atoms with Crippen LogP contribution in [0.4, 0.5) is 0 Å². The molecule has 0 aliphatic heterocycles. The summed E-state index contributed by atoms with van der Waals surface area (Å²) in [5.74, 6) is 0. The molecule has 0 saturated heterocycles. The lowest BCUT2D eigenvalue weighted by Gasteiger charge is -2.23. The summed E-state index contributed by atoms with van der Waals surface area (Å²) in [6.07, 6.45) is 2.50. The summed E-state index contributed by atoms with van der Waals surface area (Å²) in [5, 5.41) is 3.70. The van der Waals surface area contributed by atoms with Gasteiger partial charge in [0, 0.05) is 12.6 Å². The van der Waals surface area contributed by atoms with E-state index < -0.39 is 0 Å². The molecule has 88 valence electrons. The second-order valence-corrected chi connectivity index (χ2v) is 6.18. The number of rotatable bonds is 2. The van der Waals surface area contributed by atoms with Gasteiger partial charge in [-0.15, -0.1) is 0 Å². The van der Waals surface area contributed by atoms with Crippen molar-refractivity contribution in [2.75, 3.05) is 6.54 Å². The molecule has 1 N–H and O–H groups in total. The molecule has 1 unspecified atom stereocenters. The molecule has 1 heteroatoms. The largest absolute Gasteiger partial charge is 0.309 e. The third-order valence-corrected chi connectivity index (χ3v) is 3.38. The first-order chi connectivity index (χ1) is 7.47. The Bertz CT molecular complexity index is 374. The van der Waals surface area contributed by atoms with E-state index in [-0.39, 0.29) is 0 Å². The highest BCUT2D eigenvalue weighted by Gasteiger charge is 2.24. The van der Waals surface area contributed by atoms with Crippen LogP contribution in [0.1, 0.15) is 49.9 Å². The van der Waals surface area contributed by atoms with E-state index in [1.165, 1.54) is 24.0 Å². The van der Waals surface area contributed by atoms with Crippen LogP contribution in [0.25, 0.3) is 0 Å². The van der Waals surface area contributed by atoms with Crippen molar-refractivity contribution >= 4 is 0 Å². The number of fused-ring (bicyclic) bond motifs is 1. The molecule has 0 spiro atoms. The fraction of sp³-hybridized carbons (Fsp3) is 0.600. The van der Waals surface area contributed by atoms with Gasteiger partial charge < -0.3 is 5.32 Å². The molecule has 0 saturated carbocycles. The van der Waals surface area contributed by atoms with E-state index >= 15 is 0 Å². The van der Waals surface area contributed by atoms with Gasteiger partial charge in [0.2, 0.25) is 0 Å². The molecule has 1 aliphatic carbocycles. The zero-order chi connectivity index (χ0) is 11.8. The summed E-state index contributed by atoms with van der Waals surface area (Å²) in [6.45, 7) is 10.2. The number of hydrogen-bond acceptors (Lipinski definition) is 1. The van der Waals surface area contributed by atoms with E-state index in [1.807, 2.05) is 0 Å². The average molecular weight is 217 g/mol. The molecule has 0 radical (unpaired) electrons. The van der Waals surface area contributed by atoms with Gasteiger partial charge in [-0.05, 0) is 41.9 Å². The van der Waals surface area contributed by atoms with Gasteiger partial charge >= 0.3 is 0 Å². The van der Waals surface area contributed by atoms with E-state index in [4.69, 9.17) is 0 Å². The van der Waals surface area contributed by atoms with Gasteiger partial charge in [-0.3, -0.25) is 0 Å². The van der Waals surface area contributed by atoms with Crippen LogP contribution in [0.2, 0.25) is 0 Å². The van der Waals surface area contributed by atoms with Crippen molar-refractivity contribution in [3.8, 4) is 0 Å². The van der Waals surface area contributed by atoms with Crippen LogP contribution in [0.15, 0.2) is 18.2 Å². The van der Waals surface area contributed by atoms with E-state index in [9.17, 15) is 0 Å². The number of aryl methyl sites for hydroxylation is 1. The van der Waals surface area contributed by atoms with Gasteiger partial charge in [0.05, 0.1) is 0 Å². The lowest BCUT2D eigenvalue weighted by atomic mass is 9.96. The maximum atomic E-state index is 3.70. The SMILES string of the molecule is Cc1cccc2c1CCC2NCC(C)(C)C. The highest BCUT2D eigenvalue weighted by Crippen LogP contribution is 2.33. The Labute approximate surface area is 99.3 Å². The van der Waals surface area contributed by atoms with Crippen LogP contribution in [0, 0.1) is 12.3 Å². The maximum absolute atomic E-state index is 3.70. The lowest BCUT2D eigenvalue weighted by Crippen LogP contribution is -2.29. The molecule has 16 heavy (non-hydrogen) atoms. The summed E-state index contributed by atoms with van der Waals surface area (Å²) in [6, 6.07) is 7.28. The molecule has 0 heterocycles. The Morgan fingerprint density at radius 3 is 2.75 bits per heavy atom. The molecule has 0 amide bonds. The Morgan fingerprint density at radius 2 is 2.06 bits per heavy atom. The summed E-state index contributed by atoms with van der Waals surface area (Å²) >= 11 is 0. The van der Waals surface area contributed by atoms with Crippen molar-refractivity contribution in [2.45, 2.75) is 46.6 Å². The zero-order valence-corrected chi connectivity index (χ0v) is 10.9. The van der Waals surface area contributed by atoms with E-state index in [0.717, 1.165) is 6.54 Å². The molecule has 2 rings (SSSR count). The minimum atomic E-state index is 0.368. The molecular formula is C15H23N. The minimum absolute atomic E-state index is 0.368. The highest BCUT2D eigenvalue weighted by molar-refractivity contribution is 5.40.